The van der Waals surface area contributed by atoms with Crippen LogP contribution < -0.4 is 0 Å². The summed E-state index contributed by atoms with van der Waals surface area (Å²) in [5.74, 6) is 0. The van der Waals surface area contributed by atoms with Gasteiger partial charge in [0.25, 0.3) is 0 Å². The average Bonchev–Trinajstić information content (AvgIpc) is 2.98. The summed E-state index contributed by atoms with van der Waals surface area (Å²) in [6, 6.07) is 18.2. The molecule has 21 heavy (non-hydrogen) atoms. The number of hydrogen-bond acceptors (Lipinski definition) is 2. The zero-order valence-corrected chi connectivity index (χ0v) is 13.8. The molecule has 108 valence electrons. The molecule has 1 unspecified atom stereocenters. The van der Waals surface area contributed by atoms with Crippen LogP contribution in [-0.2, 0) is 5.60 Å². The SMILES string of the molecule is CCCCC(O)(c1ccccc1)c1nc2ccccc2[se]1. The summed E-state index contributed by atoms with van der Waals surface area (Å²) in [6.45, 7) is 2.15. The average molecular weight is 344 g/mol. The van der Waals surface area contributed by atoms with Crippen LogP contribution in [0.4, 0.5) is 0 Å². The van der Waals surface area contributed by atoms with Gasteiger partial charge in [-0.1, -0.05) is 0 Å². The van der Waals surface area contributed by atoms with Crippen LogP contribution in [0.3, 0.4) is 0 Å². The molecule has 0 aliphatic rings. The van der Waals surface area contributed by atoms with Crippen molar-refractivity contribution in [2.24, 2.45) is 0 Å². The van der Waals surface area contributed by atoms with E-state index in [9.17, 15) is 5.11 Å². The first kappa shape index (κ1) is 14.5. The molecule has 0 spiro atoms. The number of benzene rings is 2. The minimum atomic E-state index is -0.920. The molecule has 0 bridgehead atoms. The van der Waals surface area contributed by atoms with E-state index in [1.807, 2.05) is 48.5 Å². The first-order valence-corrected chi connectivity index (χ1v) is 9.09. The van der Waals surface area contributed by atoms with Gasteiger partial charge in [0.2, 0.25) is 0 Å². The first-order valence-electron chi connectivity index (χ1n) is 7.38. The zero-order chi connectivity index (χ0) is 14.7. The van der Waals surface area contributed by atoms with E-state index in [1.54, 1.807) is 0 Å². The molecule has 3 aromatic rings. The molecule has 0 fully saturated rings. The molecule has 0 aliphatic carbocycles. The van der Waals surface area contributed by atoms with Crippen LogP contribution in [-0.4, -0.2) is 24.6 Å². The van der Waals surface area contributed by atoms with Crippen LogP contribution in [0.2, 0.25) is 0 Å². The molecule has 1 N–H and O–H groups in total. The number of hydrogen-bond donors (Lipinski definition) is 1. The van der Waals surface area contributed by atoms with E-state index in [1.165, 1.54) is 4.26 Å². The molecule has 1 heterocycles. The van der Waals surface area contributed by atoms with Gasteiger partial charge < -0.3 is 0 Å². The van der Waals surface area contributed by atoms with Gasteiger partial charge >= 0.3 is 131 Å². The number of para-hydroxylation sites is 1. The molecule has 0 saturated carbocycles. The van der Waals surface area contributed by atoms with E-state index in [-0.39, 0.29) is 14.5 Å². The fourth-order valence-electron chi connectivity index (χ4n) is 2.57. The van der Waals surface area contributed by atoms with Crippen LogP contribution in [0.1, 0.15) is 36.3 Å². The molecule has 3 rings (SSSR count). The van der Waals surface area contributed by atoms with E-state index < -0.39 is 5.60 Å². The predicted molar refractivity (Wildman–Crippen MR) is 87.6 cm³/mol. The number of fused-ring (bicyclic) bond motifs is 1. The van der Waals surface area contributed by atoms with E-state index in [0.29, 0.717) is 0 Å². The Morgan fingerprint density at radius 2 is 1.76 bits per heavy atom. The van der Waals surface area contributed by atoms with Gasteiger partial charge in [-0.3, -0.25) is 0 Å². The molecule has 3 heteroatoms. The normalized spacial score (nSPS) is 14.2. The van der Waals surface area contributed by atoms with Gasteiger partial charge in [0.1, 0.15) is 0 Å². The Morgan fingerprint density at radius 1 is 1.05 bits per heavy atom. The maximum absolute atomic E-state index is 11.4. The third-order valence-electron chi connectivity index (χ3n) is 3.79. The summed E-state index contributed by atoms with van der Waals surface area (Å²) in [6.07, 6.45) is 2.81. The molecule has 1 atom stereocenters. The third-order valence-corrected chi connectivity index (χ3v) is 6.28. The van der Waals surface area contributed by atoms with Crippen molar-refractivity contribution >= 4 is 24.3 Å². The minimum absolute atomic E-state index is 0.106. The molecule has 2 nitrogen and oxygen atoms in total. The van der Waals surface area contributed by atoms with Crippen LogP contribution in [0.25, 0.3) is 9.78 Å². The van der Waals surface area contributed by atoms with Crippen molar-refractivity contribution in [2.75, 3.05) is 0 Å². The molecule has 0 aliphatic heterocycles. The summed E-state index contributed by atoms with van der Waals surface area (Å²) >= 11 is 0.106. The molecule has 0 saturated heterocycles. The second-order valence-electron chi connectivity index (χ2n) is 5.32. The molecular weight excluding hydrogens is 325 g/mol. The number of aliphatic hydroxyl groups is 1. The van der Waals surface area contributed by atoms with E-state index in [4.69, 9.17) is 4.98 Å². The third kappa shape index (κ3) is 2.82. The van der Waals surface area contributed by atoms with Gasteiger partial charge in [-0.15, -0.1) is 0 Å². The summed E-state index contributed by atoms with van der Waals surface area (Å²) in [5.41, 5.74) is 1.07. The second kappa shape index (κ2) is 6.15. The van der Waals surface area contributed by atoms with E-state index in [2.05, 4.69) is 13.0 Å². The maximum atomic E-state index is 11.4. The summed E-state index contributed by atoms with van der Waals surface area (Å²) in [4.78, 5) is 4.75. The summed E-state index contributed by atoms with van der Waals surface area (Å²) in [7, 11) is 0. The Hall–Kier alpha value is -1.41. The Balaban J connectivity index is 2.10. The first-order chi connectivity index (χ1) is 10.2. The topological polar surface area (TPSA) is 33.1 Å². The van der Waals surface area contributed by atoms with Gasteiger partial charge in [-0.2, -0.15) is 0 Å². The molecule has 0 radical (unpaired) electrons. The Labute approximate surface area is 131 Å². The molecule has 1 aromatic heterocycles. The number of unbranched alkanes of at least 4 members (excludes halogenated alkanes) is 1. The van der Waals surface area contributed by atoms with Crippen LogP contribution in [0, 0.1) is 0 Å². The fourth-order valence-corrected chi connectivity index (χ4v) is 4.89. The number of nitrogens with zero attached hydrogens (tertiary/aromatic N) is 1. The fraction of sp³-hybridized carbons (Fsp3) is 0.278. The molecular formula is C18H19NOSe. The number of rotatable bonds is 5. The monoisotopic (exact) mass is 345 g/mol. The van der Waals surface area contributed by atoms with E-state index >= 15 is 0 Å². The van der Waals surface area contributed by atoms with Gasteiger partial charge in [-0.25, -0.2) is 0 Å². The Morgan fingerprint density at radius 3 is 2.48 bits per heavy atom. The molecule has 0 amide bonds. The Kier molecular flexibility index (Phi) is 4.25. The quantitative estimate of drug-likeness (QED) is 0.716. The van der Waals surface area contributed by atoms with Gasteiger partial charge in [-0.05, 0) is 0 Å². The second-order valence-corrected chi connectivity index (χ2v) is 7.48. The van der Waals surface area contributed by atoms with Crippen LogP contribution in [0.5, 0.6) is 0 Å². The van der Waals surface area contributed by atoms with Crippen molar-refractivity contribution < 1.29 is 5.11 Å². The van der Waals surface area contributed by atoms with Gasteiger partial charge in [0.15, 0.2) is 0 Å². The van der Waals surface area contributed by atoms with Crippen molar-refractivity contribution in [1.29, 1.82) is 0 Å². The standard InChI is InChI=1S/C18H19NOSe/c1-2-3-13-18(20,14-9-5-4-6-10-14)17-19-15-11-7-8-12-16(15)21-17/h4-12,20H,2-3,13H2,1H3. The van der Waals surface area contributed by atoms with Crippen LogP contribution >= 0.6 is 0 Å². The van der Waals surface area contributed by atoms with Crippen molar-refractivity contribution in [3.8, 4) is 0 Å². The number of aromatic nitrogens is 1. The predicted octanol–water partition coefficient (Wildman–Crippen LogP) is 3.72. The Bertz CT molecular complexity index is 689. The van der Waals surface area contributed by atoms with Crippen molar-refractivity contribution in [3.05, 3.63) is 64.7 Å². The summed E-state index contributed by atoms with van der Waals surface area (Å²) < 4.78 is 2.21. The van der Waals surface area contributed by atoms with Crippen LogP contribution in [0.15, 0.2) is 54.6 Å². The van der Waals surface area contributed by atoms with Gasteiger partial charge in [0.05, 0.1) is 0 Å². The van der Waals surface area contributed by atoms with E-state index in [0.717, 1.165) is 34.9 Å². The summed E-state index contributed by atoms with van der Waals surface area (Å²) in [5, 5.41) is 11.4. The van der Waals surface area contributed by atoms with Gasteiger partial charge in [0, 0.05) is 0 Å². The van der Waals surface area contributed by atoms with Crippen molar-refractivity contribution in [1.82, 2.24) is 4.98 Å². The van der Waals surface area contributed by atoms with Crippen molar-refractivity contribution in [2.45, 2.75) is 31.8 Å². The zero-order valence-electron chi connectivity index (χ0n) is 12.1. The van der Waals surface area contributed by atoms with Crippen molar-refractivity contribution in [3.63, 3.8) is 0 Å². The molecule has 2 aromatic carbocycles.